The van der Waals surface area contributed by atoms with E-state index in [-0.39, 0.29) is 24.9 Å². The molecule has 1 atom stereocenters. The van der Waals surface area contributed by atoms with Gasteiger partial charge in [-0.1, -0.05) is 6.07 Å². The highest BCUT2D eigenvalue weighted by molar-refractivity contribution is 5.25. The fraction of sp³-hybridized carbons (Fsp3) is 0.688. The maximum absolute atomic E-state index is 12.7. The Kier molecular flexibility index (Phi) is 4.20. The number of halogens is 3. The van der Waals surface area contributed by atoms with Crippen LogP contribution >= 0.6 is 0 Å². The Morgan fingerprint density at radius 2 is 1.86 bits per heavy atom. The quantitative estimate of drug-likeness (QED) is 0.886. The summed E-state index contributed by atoms with van der Waals surface area (Å²) in [6.07, 6.45) is 2.72. The summed E-state index contributed by atoms with van der Waals surface area (Å²) in [5, 5.41) is 3.56. The van der Waals surface area contributed by atoms with Gasteiger partial charge in [0.05, 0.1) is 11.6 Å². The van der Waals surface area contributed by atoms with Gasteiger partial charge in [0.1, 0.15) is 0 Å². The summed E-state index contributed by atoms with van der Waals surface area (Å²) < 4.78 is 38.1. The minimum Gasteiger partial charge on any atom is -0.306 e. The molecule has 0 radical (unpaired) electrons. The van der Waals surface area contributed by atoms with Gasteiger partial charge in [-0.2, -0.15) is 13.2 Å². The highest BCUT2D eigenvalue weighted by atomic mass is 19.4. The van der Waals surface area contributed by atoms with Crippen LogP contribution in [0.5, 0.6) is 0 Å². The molecule has 2 aliphatic rings. The van der Waals surface area contributed by atoms with Crippen LogP contribution in [0, 0.1) is 5.92 Å². The standard InChI is InChI=1S/C16H21F3N2/c17-16(18,19)12-6-8-13(9-7-12)21-14-5-1-3-11-4-2-10-20-15(11)14/h2,4,10,12-14,21H,1,3,5-9H2. The normalized spacial score (nSPS) is 30.0. The Hall–Kier alpha value is -1.10. The Balaban J connectivity index is 1.59. The number of nitrogens with zero attached hydrogens (tertiary/aromatic N) is 1. The van der Waals surface area contributed by atoms with Gasteiger partial charge in [-0.3, -0.25) is 4.98 Å². The van der Waals surface area contributed by atoms with Gasteiger partial charge in [0, 0.05) is 18.3 Å². The van der Waals surface area contributed by atoms with E-state index >= 15 is 0 Å². The molecule has 116 valence electrons. The molecule has 1 fully saturated rings. The smallest absolute Gasteiger partial charge is 0.306 e. The number of hydrogen-bond acceptors (Lipinski definition) is 2. The largest absolute Gasteiger partial charge is 0.391 e. The van der Waals surface area contributed by atoms with Crippen molar-refractivity contribution in [3.8, 4) is 0 Å². The molecule has 1 unspecified atom stereocenters. The van der Waals surface area contributed by atoms with Gasteiger partial charge >= 0.3 is 6.18 Å². The third kappa shape index (κ3) is 3.39. The summed E-state index contributed by atoms with van der Waals surface area (Å²) in [5.74, 6) is -1.10. The van der Waals surface area contributed by atoms with Gasteiger partial charge in [0.2, 0.25) is 0 Å². The van der Waals surface area contributed by atoms with Crippen molar-refractivity contribution in [1.29, 1.82) is 0 Å². The van der Waals surface area contributed by atoms with Crippen molar-refractivity contribution in [2.24, 2.45) is 5.92 Å². The van der Waals surface area contributed by atoms with Gasteiger partial charge in [0.25, 0.3) is 0 Å². The van der Waals surface area contributed by atoms with Crippen LogP contribution in [0.25, 0.3) is 0 Å². The predicted molar refractivity (Wildman–Crippen MR) is 74.9 cm³/mol. The van der Waals surface area contributed by atoms with Crippen molar-refractivity contribution in [1.82, 2.24) is 10.3 Å². The average Bonchev–Trinajstić information content (AvgIpc) is 2.47. The van der Waals surface area contributed by atoms with Crippen molar-refractivity contribution in [3.63, 3.8) is 0 Å². The summed E-state index contributed by atoms with van der Waals surface area (Å²) in [5.41, 5.74) is 2.38. The molecular weight excluding hydrogens is 277 g/mol. The molecule has 2 nitrogen and oxygen atoms in total. The summed E-state index contributed by atoms with van der Waals surface area (Å²) in [6.45, 7) is 0. The minimum atomic E-state index is -4.02. The lowest BCUT2D eigenvalue weighted by Gasteiger charge is -2.34. The highest BCUT2D eigenvalue weighted by Gasteiger charge is 2.41. The second-order valence-electron chi connectivity index (χ2n) is 6.25. The van der Waals surface area contributed by atoms with E-state index in [2.05, 4.69) is 16.4 Å². The van der Waals surface area contributed by atoms with Crippen LogP contribution in [0.4, 0.5) is 13.2 Å². The second kappa shape index (κ2) is 5.95. The van der Waals surface area contributed by atoms with Crippen molar-refractivity contribution < 1.29 is 13.2 Å². The Morgan fingerprint density at radius 1 is 1.10 bits per heavy atom. The lowest BCUT2D eigenvalue weighted by atomic mass is 9.84. The van der Waals surface area contributed by atoms with Crippen LogP contribution in [0.3, 0.4) is 0 Å². The number of aryl methyl sites for hydroxylation is 1. The number of alkyl halides is 3. The first kappa shape index (κ1) is 14.8. The number of aromatic nitrogens is 1. The summed E-state index contributed by atoms with van der Waals surface area (Å²) in [7, 11) is 0. The molecule has 1 aromatic heterocycles. The predicted octanol–water partition coefficient (Wildman–Crippen LogP) is 4.17. The van der Waals surface area contributed by atoms with E-state index in [4.69, 9.17) is 0 Å². The van der Waals surface area contributed by atoms with Crippen LogP contribution in [-0.4, -0.2) is 17.2 Å². The third-order valence-electron chi connectivity index (χ3n) is 4.82. The Labute approximate surface area is 123 Å². The average molecular weight is 298 g/mol. The van der Waals surface area contributed by atoms with Gasteiger partial charge in [-0.25, -0.2) is 0 Å². The lowest BCUT2D eigenvalue weighted by molar-refractivity contribution is -0.182. The van der Waals surface area contributed by atoms with Gasteiger partial charge in [-0.15, -0.1) is 0 Å². The molecule has 21 heavy (non-hydrogen) atoms. The van der Waals surface area contributed by atoms with E-state index < -0.39 is 12.1 Å². The van der Waals surface area contributed by atoms with Gasteiger partial charge in [-0.05, 0) is 56.6 Å². The second-order valence-corrected chi connectivity index (χ2v) is 6.25. The number of pyridine rings is 1. The number of hydrogen-bond donors (Lipinski definition) is 1. The molecule has 2 aliphatic carbocycles. The summed E-state index contributed by atoms with van der Waals surface area (Å²) in [6, 6.07) is 4.47. The fourth-order valence-corrected chi connectivity index (χ4v) is 3.64. The summed E-state index contributed by atoms with van der Waals surface area (Å²) in [4.78, 5) is 4.48. The monoisotopic (exact) mass is 298 g/mol. The van der Waals surface area contributed by atoms with Crippen LogP contribution in [0.15, 0.2) is 18.3 Å². The zero-order chi connectivity index (χ0) is 14.9. The Bertz CT molecular complexity index is 479. The zero-order valence-electron chi connectivity index (χ0n) is 12.0. The maximum Gasteiger partial charge on any atom is 0.391 e. The lowest BCUT2D eigenvalue weighted by Crippen LogP contribution is -2.40. The van der Waals surface area contributed by atoms with Gasteiger partial charge in [0.15, 0.2) is 0 Å². The zero-order valence-corrected chi connectivity index (χ0v) is 12.0. The number of nitrogens with one attached hydrogen (secondary N) is 1. The SMILES string of the molecule is FC(F)(F)C1CCC(NC2CCCc3cccnc32)CC1. The van der Waals surface area contributed by atoms with Crippen molar-refractivity contribution in [2.75, 3.05) is 0 Å². The topological polar surface area (TPSA) is 24.9 Å². The molecule has 3 rings (SSSR count). The van der Waals surface area contributed by atoms with Crippen molar-refractivity contribution in [3.05, 3.63) is 29.6 Å². The number of rotatable bonds is 2. The molecule has 1 aromatic rings. The molecule has 0 aromatic carbocycles. The molecule has 1 N–H and O–H groups in total. The van der Waals surface area contributed by atoms with E-state index in [1.807, 2.05) is 6.07 Å². The van der Waals surface area contributed by atoms with Crippen molar-refractivity contribution in [2.45, 2.75) is 63.2 Å². The molecule has 0 amide bonds. The molecule has 1 heterocycles. The van der Waals surface area contributed by atoms with Crippen LogP contribution in [0.1, 0.15) is 55.8 Å². The molecular formula is C16H21F3N2. The van der Waals surface area contributed by atoms with E-state index in [0.29, 0.717) is 12.8 Å². The van der Waals surface area contributed by atoms with E-state index in [0.717, 1.165) is 25.0 Å². The third-order valence-corrected chi connectivity index (χ3v) is 4.82. The van der Waals surface area contributed by atoms with Crippen molar-refractivity contribution >= 4 is 0 Å². The van der Waals surface area contributed by atoms with Crippen LogP contribution in [-0.2, 0) is 6.42 Å². The van der Waals surface area contributed by atoms with E-state index in [1.165, 1.54) is 5.56 Å². The van der Waals surface area contributed by atoms with E-state index in [1.54, 1.807) is 6.20 Å². The first-order valence-corrected chi connectivity index (χ1v) is 7.80. The first-order chi connectivity index (χ1) is 10.0. The highest BCUT2D eigenvalue weighted by Crippen LogP contribution is 2.38. The summed E-state index contributed by atoms with van der Waals surface area (Å²) >= 11 is 0. The molecule has 0 bridgehead atoms. The molecule has 1 saturated carbocycles. The fourth-order valence-electron chi connectivity index (χ4n) is 3.64. The molecule has 5 heteroatoms. The minimum absolute atomic E-state index is 0.196. The van der Waals surface area contributed by atoms with Crippen LogP contribution in [0.2, 0.25) is 0 Å². The Morgan fingerprint density at radius 3 is 2.57 bits per heavy atom. The van der Waals surface area contributed by atoms with E-state index in [9.17, 15) is 13.2 Å². The molecule has 0 aliphatic heterocycles. The molecule has 0 saturated heterocycles. The first-order valence-electron chi connectivity index (χ1n) is 7.80. The molecule has 0 spiro atoms. The van der Waals surface area contributed by atoms with Gasteiger partial charge < -0.3 is 5.32 Å². The van der Waals surface area contributed by atoms with Crippen LogP contribution < -0.4 is 5.32 Å². The number of fused-ring (bicyclic) bond motifs is 1. The maximum atomic E-state index is 12.7.